The Balaban J connectivity index is 2.37. The summed E-state index contributed by atoms with van der Waals surface area (Å²) in [5.74, 6) is -0.127. The molecular formula is C11H13NO3. The molecule has 4 nitrogen and oxygen atoms in total. The fourth-order valence-electron chi connectivity index (χ4n) is 1.78. The third-order valence-electron chi connectivity index (χ3n) is 2.44. The van der Waals surface area contributed by atoms with Gasteiger partial charge in [-0.25, -0.2) is 4.79 Å². The number of rotatable bonds is 1. The van der Waals surface area contributed by atoms with E-state index in [1.165, 1.54) is 0 Å². The molecule has 0 saturated carbocycles. The Morgan fingerprint density at radius 3 is 2.93 bits per heavy atom. The van der Waals surface area contributed by atoms with Crippen molar-refractivity contribution in [3.05, 3.63) is 23.3 Å². The monoisotopic (exact) mass is 207 g/mol. The molecule has 1 aromatic carbocycles. The highest BCUT2D eigenvalue weighted by Crippen LogP contribution is 2.33. The van der Waals surface area contributed by atoms with Gasteiger partial charge >= 0.3 is 5.97 Å². The fourth-order valence-corrected chi connectivity index (χ4v) is 1.78. The number of aryl methyl sites for hydroxylation is 2. The van der Waals surface area contributed by atoms with E-state index in [0.717, 1.165) is 22.6 Å². The summed E-state index contributed by atoms with van der Waals surface area (Å²) in [6.45, 7) is 4.10. The Hall–Kier alpha value is -1.71. The van der Waals surface area contributed by atoms with Gasteiger partial charge in [-0.3, -0.25) is 0 Å². The van der Waals surface area contributed by atoms with E-state index in [0.29, 0.717) is 0 Å². The number of carbonyl (C=O) groups is 1. The van der Waals surface area contributed by atoms with Crippen molar-refractivity contribution in [2.24, 2.45) is 0 Å². The molecule has 15 heavy (non-hydrogen) atoms. The van der Waals surface area contributed by atoms with E-state index >= 15 is 0 Å². The maximum Gasteiger partial charge on any atom is 0.329 e. The maximum atomic E-state index is 10.8. The molecule has 0 spiro atoms. The first-order valence-electron chi connectivity index (χ1n) is 4.81. The maximum absolute atomic E-state index is 10.8. The van der Waals surface area contributed by atoms with Gasteiger partial charge in [0.25, 0.3) is 0 Å². The van der Waals surface area contributed by atoms with E-state index in [9.17, 15) is 4.79 Å². The van der Waals surface area contributed by atoms with Crippen molar-refractivity contribution in [3.8, 4) is 5.75 Å². The molecule has 0 radical (unpaired) electrons. The number of fused-ring (bicyclic) bond motifs is 1. The van der Waals surface area contributed by atoms with E-state index in [2.05, 4.69) is 5.32 Å². The van der Waals surface area contributed by atoms with Crippen LogP contribution in [0.4, 0.5) is 5.69 Å². The first-order valence-corrected chi connectivity index (χ1v) is 4.81. The van der Waals surface area contributed by atoms with Crippen molar-refractivity contribution in [1.29, 1.82) is 0 Å². The number of aliphatic carboxylic acids is 1. The first-order chi connectivity index (χ1) is 7.08. The molecule has 1 aliphatic heterocycles. The van der Waals surface area contributed by atoms with Crippen LogP contribution in [0.15, 0.2) is 12.1 Å². The Morgan fingerprint density at radius 2 is 2.27 bits per heavy atom. The Labute approximate surface area is 87.9 Å². The summed E-state index contributed by atoms with van der Waals surface area (Å²) in [4.78, 5) is 10.8. The molecule has 0 aliphatic carbocycles. The van der Waals surface area contributed by atoms with Crippen LogP contribution in [0.5, 0.6) is 5.75 Å². The SMILES string of the molecule is Cc1cc(C)c2c(c1)NC(C(=O)O)CO2. The minimum absolute atomic E-state index is 0.173. The number of benzene rings is 1. The molecule has 0 saturated heterocycles. The van der Waals surface area contributed by atoms with Crippen molar-refractivity contribution in [1.82, 2.24) is 0 Å². The minimum atomic E-state index is -0.889. The minimum Gasteiger partial charge on any atom is -0.488 e. The van der Waals surface area contributed by atoms with Gasteiger partial charge in [0.2, 0.25) is 0 Å². The van der Waals surface area contributed by atoms with Gasteiger partial charge < -0.3 is 15.2 Å². The van der Waals surface area contributed by atoms with E-state index in [1.807, 2.05) is 26.0 Å². The Morgan fingerprint density at radius 1 is 1.53 bits per heavy atom. The summed E-state index contributed by atoms with van der Waals surface area (Å²) < 4.78 is 5.44. The summed E-state index contributed by atoms with van der Waals surface area (Å²) in [7, 11) is 0. The number of ether oxygens (including phenoxy) is 1. The van der Waals surface area contributed by atoms with Crippen LogP contribution < -0.4 is 10.1 Å². The predicted octanol–water partition coefficient (Wildman–Crippen LogP) is 1.56. The van der Waals surface area contributed by atoms with E-state index in [1.54, 1.807) is 0 Å². The topological polar surface area (TPSA) is 58.6 Å². The van der Waals surface area contributed by atoms with E-state index in [4.69, 9.17) is 9.84 Å². The number of anilines is 1. The second-order valence-corrected chi connectivity index (χ2v) is 3.80. The zero-order chi connectivity index (χ0) is 11.0. The molecule has 1 atom stereocenters. The molecule has 1 aromatic rings. The summed E-state index contributed by atoms with van der Waals surface area (Å²) >= 11 is 0. The third-order valence-corrected chi connectivity index (χ3v) is 2.44. The Kier molecular flexibility index (Phi) is 2.26. The lowest BCUT2D eigenvalue weighted by Crippen LogP contribution is -2.38. The van der Waals surface area contributed by atoms with Crippen LogP contribution in [0.25, 0.3) is 0 Å². The molecule has 0 bridgehead atoms. The van der Waals surface area contributed by atoms with E-state index in [-0.39, 0.29) is 6.61 Å². The van der Waals surface area contributed by atoms with Crippen molar-refractivity contribution >= 4 is 11.7 Å². The van der Waals surface area contributed by atoms with Crippen molar-refractivity contribution in [2.75, 3.05) is 11.9 Å². The van der Waals surface area contributed by atoms with E-state index < -0.39 is 12.0 Å². The summed E-state index contributed by atoms with van der Waals surface area (Å²) in [6, 6.07) is 3.26. The van der Waals surface area contributed by atoms with Crippen molar-refractivity contribution in [2.45, 2.75) is 19.9 Å². The number of hydrogen-bond donors (Lipinski definition) is 2. The largest absolute Gasteiger partial charge is 0.488 e. The lowest BCUT2D eigenvalue weighted by atomic mass is 10.1. The summed E-state index contributed by atoms with van der Waals surface area (Å²) in [5, 5.41) is 11.8. The summed E-state index contributed by atoms with van der Waals surface area (Å²) in [6.07, 6.45) is 0. The van der Waals surface area contributed by atoms with Crippen LogP contribution in [-0.2, 0) is 4.79 Å². The molecule has 2 N–H and O–H groups in total. The van der Waals surface area contributed by atoms with Crippen LogP contribution in [-0.4, -0.2) is 23.7 Å². The molecule has 1 unspecified atom stereocenters. The Bertz CT molecular complexity index is 415. The van der Waals surface area contributed by atoms with Crippen LogP contribution in [0, 0.1) is 13.8 Å². The molecule has 0 amide bonds. The average Bonchev–Trinajstić information content (AvgIpc) is 2.16. The average molecular weight is 207 g/mol. The molecule has 1 heterocycles. The molecule has 0 aromatic heterocycles. The number of nitrogens with one attached hydrogen (secondary N) is 1. The third kappa shape index (κ3) is 1.75. The molecule has 4 heteroatoms. The fraction of sp³-hybridized carbons (Fsp3) is 0.364. The summed E-state index contributed by atoms with van der Waals surface area (Å²) in [5.41, 5.74) is 2.89. The highest BCUT2D eigenvalue weighted by Gasteiger charge is 2.25. The molecule has 2 rings (SSSR count). The molecular weight excluding hydrogens is 194 g/mol. The lowest BCUT2D eigenvalue weighted by molar-refractivity contribution is -0.138. The van der Waals surface area contributed by atoms with Crippen molar-refractivity contribution in [3.63, 3.8) is 0 Å². The van der Waals surface area contributed by atoms with Crippen LogP contribution >= 0.6 is 0 Å². The number of carboxylic acid groups (broad SMARTS) is 1. The van der Waals surface area contributed by atoms with Crippen LogP contribution in [0.3, 0.4) is 0 Å². The number of carboxylic acids is 1. The quantitative estimate of drug-likeness (QED) is 0.733. The molecule has 80 valence electrons. The normalized spacial score (nSPS) is 18.7. The second-order valence-electron chi connectivity index (χ2n) is 3.80. The van der Waals surface area contributed by atoms with Crippen LogP contribution in [0.2, 0.25) is 0 Å². The zero-order valence-corrected chi connectivity index (χ0v) is 8.70. The van der Waals surface area contributed by atoms with Gasteiger partial charge in [-0.05, 0) is 31.0 Å². The zero-order valence-electron chi connectivity index (χ0n) is 8.70. The van der Waals surface area contributed by atoms with Gasteiger partial charge in [0.05, 0.1) is 5.69 Å². The first kappa shape index (κ1) is 9.83. The predicted molar refractivity (Wildman–Crippen MR) is 56.5 cm³/mol. The van der Waals surface area contributed by atoms with Crippen molar-refractivity contribution < 1.29 is 14.6 Å². The van der Waals surface area contributed by atoms with Gasteiger partial charge in [0, 0.05) is 0 Å². The second kappa shape index (κ2) is 3.46. The number of hydrogen-bond acceptors (Lipinski definition) is 3. The standard InChI is InChI=1S/C11H13NO3/c1-6-3-7(2)10-8(4-6)12-9(5-15-10)11(13)14/h3-4,9,12H,5H2,1-2H3,(H,13,14). The lowest BCUT2D eigenvalue weighted by Gasteiger charge is -2.26. The van der Waals surface area contributed by atoms with Gasteiger partial charge in [0.15, 0.2) is 6.04 Å². The highest BCUT2D eigenvalue weighted by atomic mass is 16.5. The van der Waals surface area contributed by atoms with Crippen LogP contribution in [0.1, 0.15) is 11.1 Å². The van der Waals surface area contributed by atoms with Gasteiger partial charge in [-0.15, -0.1) is 0 Å². The molecule has 1 aliphatic rings. The smallest absolute Gasteiger partial charge is 0.329 e. The van der Waals surface area contributed by atoms with Gasteiger partial charge in [-0.1, -0.05) is 6.07 Å². The van der Waals surface area contributed by atoms with Gasteiger partial charge in [0.1, 0.15) is 12.4 Å². The highest BCUT2D eigenvalue weighted by molar-refractivity contribution is 5.80. The van der Waals surface area contributed by atoms with Gasteiger partial charge in [-0.2, -0.15) is 0 Å². The molecule has 0 fully saturated rings.